The first-order valence-corrected chi connectivity index (χ1v) is 9.26. The molecule has 148 valence electrons. The highest BCUT2D eigenvalue weighted by molar-refractivity contribution is 6.31. The van der Waals surface area contributed by atoms with Gasteiger partial charge in [-0.15, -0.1) is 0 Å². The summed E-state index contributed by atoms with van der Waals surface area (Å²) in [7, 11) is 1.34. The van der Waals surface area contributed by atoms with Gasteiger partial charge >= 0.3 is 12.0 Å². The van der Waals surface area contributed by atoms with E-state index in [1.165, 1.54) is 19.2 Å². The van der Waals surface area contributed by atoms with Crippen molar-refractivity contribution in [3.8, 4) is 0 Å². The Labute approximate surface area is 167 Å². The van der Waals surface area contributed by atoms with Gasteiger partial charge in [0.2, 0.25) is 0 Å². The molecule has 6 nitrogen and oxygen atoms in total. The smallest absolute Gasteiger partial charge is 0.327 e. The van der Waals surface area contributed by atoms with Gasteiger partial charge in [-0.25, -0.2) is 14.0 Å². The molecule has 2 amide bonds. The standard InChI is InChI=1S/C20H21ClFN3O3/c1-28-19(26)18(14-6-2-3-7-15(14)21)24-10-12-25(13-11-24)20(27)23-17-9-5-4-8-16(17)22/h2-9,18H,10-13H2,1H3,(H,23,27)/t18-/m1/s1. The first-order chi connectivity index (χ1) is 13.5. The first-order valence-electron chi connectivity index (χ1n) is 8.88. The van der Waals surface area contributed by atoms with Crippen LogP contribution in [0.4, 0.5) is 14.9 Å². The van der Waals surface area contributed by atoms with Gasteiger partial charge in [0.25, 0.3) is 0 Å². The Morgan fingerprint density at radius 3 is 2.36 bits per heavy atom. The van der Waals surface area contributed by atoms with Crippen LogP contribution in [0.3, 0.4) is 0 Å². The topological polar surface area (TPSA) is 61.9 Å². The Balaban J connectivity index is 1.67. The van der Waals surface area contributed by atoms with E-state index in [1.807, 2.05) is 11.0 Å². The number of rotatable bonds is 4. The number of halogens is 2. The number of nitrogens with zero attached hydrogens (tertiary/aromatic N) is 2. The zero-order chi connectivity index (χ0) is 20.1. The molecule has 0 aliphatic carbocycles. The van der Waals surface area contributed by atoms with Gasteiger partial charge in [-0.2, -0.15) is 0 Å². The molecule has 1 N–H and O–H groups in total. The number of carbonyl (C=O) groups excluding carboxylic acids is 2. The molecule has 2 aromatic rings. The van der Waals surface area contributed by atoms with Crippen molar-refractivity contribution in [1.82, 2.24) is 9.80 Å². The number of amides is 2. The molecule has 0 saturated carbocycles. The lowest BCUT2D eigenvalue weighted by Crippen LogP contribution is -2.52. The number of anilines is 1. The summed E-state index contributed by atoms with van der Waals surface area (Å²) in [6, 6.07) is 12.1. The van der Waals surface area contributed by atoms with Gasteiger partial charge < -0.3 is 15.0 Å². The van der Waals surface area contributed by atoms with Crippen LogP contribution in [0.15, 0.2) is 48.5 Å². The second-order valence-electron chi connectivity index (χ2n) is 6.38. The fraction of sp³-hybridized carbons (Fsp3) is 0.300. The second kappa shape index (κ2) is 9.03. The lowest BCUT2D eigenvalue weighted by atomic mass is 10.0. The summed E-state index contributed by atoms with van der Waals surface area (Å²) >= 11 is 6.28. The number of carbonyl (C=O) groups is 2. The molecule has 1 atom stereocenters. The lowest BCUT2D eigenvalue weighted by Gasteiger charge is -2.38. The third-order valence-corrected chi connectivity index (χ3v) is 5.05. The molecule has 3 rings (SSSR count). The molecular weight excluding hydrogens is 385 g/mol. The van der Waals surface area contributed by atoms with E-state index in [2.05, 4.69) is 5.32 Å². The molecule has 1 heterocycles. The highest BCUT2D eigenvalue weighted by Crippen LogP contribution is 2.29. The number of urea groups is 1. The monoisotopic (exact) mass is 405 g/mol. The maximum atomic E-state index is 13.7. The van der Waals surface area contributed by atoms with E-state index in [9.17, 15) is 14.0 Å². The molecule has 0 bridgehead atoms. The van der Waals surface area contributed by atoms with E-state index < -0.39 is 17.8 Å². The van der Waals surface area contributed by atoms with Crippen molar-refractivity contribution in [2.75, 3.05) is 38.6 Å². The normalized spacial score (nSPS) is 15.8. The lowest BCUT2D eigenvalue weighted by molar-refractivity contribution is -0.148. The van der Waals surface area contributed by atoms with Gasteiger partial charge in [0, 0.05) is 31.2 Å². The van der Waals surface area contributed by atoms with Crippen LogP contribution in [-0.4, -0.2) is 55.1 Å². The SMILES string of the molecule is COC(=O)[C@@H](c1ccccc1Cl)N1CCN(C(=O)Nc2ccccc2F)CC1. The summed E-state index contributed by atoms with van der Waals surface area (Å²) in [5, 5.41) is 3.06. The Kier molecular flexibility index (Phi) is 6.49. The van der Waals surface area contributed by atoms with Crippen LogP contribution in [0, 0.1) is 5.82 Å². The third-order valence-electron chi connectivity index (χ3n) is 4.71. The van der Waals surface area contributed by atoms with Crippen molar-refractivity contribution in [3.05, 3.63) is 64.9 Å². The number of esters is 1. The quantitative estimate of drug-likeness (QED) is 0.790. The molecule has 1 aliphatic heterocycles. The molecule has 0 aromatic heterocycles. The summed E-state index contributed by atoms with van der Waals surface area (Å²) in [6.45, 7) is 1.68. The Morgan fingerprint density at radius 1 is 1.07 bits per heavy atom. The van der Waals surface area contributed by atoms with Crippen molar-refractivity contribution < 1.29 is 18.7 Å². The molecule has 0 unspecified atom stereocenters. The van der Waals surface area contributed by atoms with Gasteiger partial charge in [0.1, 0.15) is 11.9 Å². The number of nitrogens with one attached hydrogen (secondary N) is 1. The summed E-state index contributed by atoms with van der Waals surface area (Å²) in [5.41, 5.74) is 0.804. The number of ether oxygens (including phenoxy) is 1. The number of hydrogen-bond donors (Lipinski definition) is 1. The van der Waals surface area contributed by atoms with Gasteiger partial charge in [0.15, 0.2) is 0 Å². The minimum absolute atomic E-state index is 0.137. The van der Waals surface area contributed by atoms with Crippen LogP contribution < -0.4 is 5.32 Å². The van der Waals surface area contributed by atoms with Crippen LogP contribution in [0.5, 0.6) is 0 Å². The highest BCUT2D eigenvalue weighted by Gasteiger charge is 2.33. The van der Waals surface area contributed by atoms with E-state index in [-0.39, 0.29) is 11.7 Å². The minimum atomic E-state index is -0.643. The van der Waals surface area contributed by atoms with Crippen molar-refractivity contribution in [2.45, 2.75) is 6.04 Å². The number of piperazine rings is 1. The molecule has 1 aliphatic rings. The fourth-order valence-corrected chi connectivity index (χ4v) is 3.46. The zero-order valence-electron chi connectivity index (χ0n) is 15.4. The van der Waals surface area contributed by atoms with Crippen molar-refractivity contribution >= 4 is 29.3 Å². The van der Waals surface area contributed by atoms with E-state index in [1.54, 1.807) is 35.2 Å². The number of para-hydroxylation sites is 1. The molecule has 1 saturated heterocycles. The molecule has 2 aromatic carbocycles. The average molecular weight is 406 g/mol. The summed E-state index contributed by atoms with van der Waals surface area (Å²) in [6.07, 6.45) is 0. The van der Waals surface area contributed by atoms with Gasteiger partial charge in [-0.05, 0) is 23.8 Å². The van der Waals surface area contributed by atoms with E-state index in [0.717, 1.165) is 0 Å². The molecular formula is C20H21ClFN3O3. The molecule has 28 heavy (non-hydrogen) atoms. The molecule has 0 radical (unpaired) electrons. The Bertz CT molecular complexity index is 856. The molecule has 0 spiro atoms. The summed E-state index contributed by atoms with van der Waals surface area (Å²) in [4.78, 5) is 28.3. The Hall–Kier alpha value is -2.64. The second-order valence-corrected chi connectivity index (χ2v) is 6.79. The Morgan fingerprint density at radius 2 is 1.71 bits per heavy atom. The van der Waals surface area contributed by atoms with Crippen molar-refractivity contribution in [2.24, 2.45) is 0 Å². The maximum absolute atomic E-state index is 13.7. The van der Waals surface area contributed by atoms with E-state index in [4.69, 9.17) is 16.3 Å². The van der Waals surface area contributed by atoms with Crippen molar-refractivity contribution in [1.29, 1.82) is 0 Å². The fourth-order valence-electron chi connectivity index (χ4n) is 3.22. The molecule has 1 fully saturated rings. The summed E-state index contributed by atoms with van der Waals surface area (Å²) < 4.78 is 18.7. The van der Waals surface area contributed by atoms with E-state index in [0.29, 0.717) is 36.8 Å². The predicted octanol–water partition coefficient (Wildman–Crippen LogP) is 3.54. The average Bonchev–Trinajstić information content (AvgIpc) is 2.71. The number of hydrogen-bond acceptors (Lipinski definition) is 4. The maximum Gasteiger partial charge on any atom is 0.327 e. The van der Waals surface area contributed by atoms with Crippen molar-refractivity contribution in [3.63, 3.8) is 0 Å². The minimum Gasteiger partial charge on any atom is -0.468 e. The number of methoxy groups -OCH3 is 1. The predicted molar refractivity (Wildman–Crippen MR) is 105 cm³/mol. The molecule has 8 heteroatoms. The van der Waals surface area contributed by atoms with Crippen LogP contribution in [0.1, 0.15) is 11.6 Å². The van der Waals surface area contributed by atoms with Gasteiger partial charge in [-0.3, -0.25) is 4.90 Å². The number of benzene rings is 2. The van der Waals surface area contributed by atoms with Crippen LogP contribution in [0.25, 0.3) is 0 Å². The van der Waals surface area contributed by atoms with Gasteiger partial charge in [-0.1, -0.05) is 41.9 Å². The highest BCUT2D eigenvalue weighted by atomic mass is 35.5. The van der Waals surface area contributed by atoms with E-state index >= 15 is 0 Å². The van der Waals surface area contributed by atoms with Gasteiger partial charge in [0.05, 0.1) is 12.8 Å². The first kappa shape index (κ1) is 20.1. The third kappa shape index (κ3) is 4.43. The van der Waals surface area contributed by atoms with Crippen LogP contribution >= 0.6 is 11.6 Å². The van der Waals surface area contributed by atoms with Crippen LogP contribution in [0.2, 0.25) is 5.02 Å². The zero-order valence-corrected chi connectivity index (χ0v) is 16.2. The largest absolute Gasteiger partial charge is 0.468 e. The van der Waals surface area contributed by atoms with Crippen LogP contribution in [-0.2, 0) is 9.53 Å². The summed E-state index contributed by atoms with van der Waals surface area (Å²) in [5.74, 6) is -0.892.